The Bertz CT molecular complexity index is 733. The second-order valence-corrected chi connectivity index (χ2v) is 8.97. The molecule has 1 atom stereocenters. The summed E-state index contributed by atoms with van der Waals surface area (Å²) >= 11 is 0. The number of nitrogens with zero attached hydrogens (tertiary/aromatic N) is 1. The van der Waals surface area contributed by atoms with Crippen molar-refractivity contribution in [2.24, 2.45) is 5.92 Å². The van der Waals surface area contributed by atoms with Crippen molar-refractivity contribution >= 4 is 11.8 Å². The molecule has 5 heteroatoms. The molecular weight excluding hydrogens is 352 g/mol. The summed E-state index contributed by atoms with van der Waals surface area (Å²) in [5.41, 5.74) is 2.18. The Morgan fingerprint density at radius 3 is 2.57 bits per heavy atom. The lowest BCUT2D eigenvalue weighted by Gasteiger charge is -2.48. The SMILES string of the molecule is CC(C)NC(=O)CC1Cc2ccccc2C2(CCN(C(=O)C3CCC3)CC2)O1. The molecule has 5 nitrogen and oxygen atoms in total. The number of benzene rings is 1. The molecule has 1 aromatic carbocycles. The summed E-state index contributed by atoms with van der Waals surface area (Å²) in [5.74, 6) is 0.631. The zero-order valence-corrected chi connectivity index (χ0v) is 17.1. The predicted molar refractivity (Wildman–Crippen MR) is 108 cm³/mol. The average Bonchev–Trinajstić information content (AvgIpc) is 2.60. The molecule has 152 valence electrons. The van der Waals surface area contributed by atoms with Gasteiger partial charge < -0.3 is 15.0 Å². The van der Waals surface area contributed by atoms with E-state index in [2.05, 4.69) is 29.6 Å². The Labute approximate surface area is 167 Å². The van der Waals surface area contributed by atoms with E-state index in [1.165, 1.54) is 17.5 Å². The van der Waals surface area contributed by atoms with Crippen molar-refractivity contribution in [1.29, 1.82) is 0 Å². The molecule has 2 aliphatic heterocycles. The normalized spacial score (nSPS) is 24.0. The van der Waals surface area contributed by atoms with E-state index in [0.29, 0.717) is 12.3 Å². The van der Waals surface area contributed by atoms with Gasteiger partial charge in [-0.05, 0) is 57.1 Å². The van der Waals surface area contributed by atoms with Crippen LogP contribution in [-0.2, 0) is 26.3 Å². The molecule has 1 unspecified atom stereocenters. The summed E-state index contributed by atoms with van der Waals surface area (Å²) in [7, 11) is 0. The largest absolute Gasteiger partial charge is 0.366 e. The summed E-state index contributed by atoms with van der Waals surface area (Å²) in [6, 6.07) is 8.61. The van der Waals surface area contributed by atoms with Crippen LogP contribution in [0.25, 0.3) is 0 Å². The first-order valence-electron chi connectivity index (χ1n) is 10.8. The zero-order chi connectivity index (χ0) is 19.7. The van der Waals surface area contributed by atoms with Crippen LogP contribution in [0.2, 0.25) is 0 Å². The number of likely N-dealkylation sites (tertiary alicyclic amines) is 1. The maximum Gasteiger partial charge on any atom is 0.225 e. The van der Waals surface area contributed by atoms with Crippen molar-refractivity contribution in [1.82, 2.24) is 10.2 Å². The molecule has 1 aliphatic carbocycles. The van der Waals surface area contributed by atoms with Crippen LogP contribution in [-0.4, -0.2) is 41.9 Å². The second kappa shape index (κ2) is 7.86. The van der Waals surface area contributed by atoms with E-state index in [1.54, 1.807) is 0 Å². The number of carbonyl (C=O) groups excluding carboxylic acids is 2. The van der Waals surface area contributed by atoms with Crippen LogP contribution in [0.4, 0.5) is 0 Å². The van der Waals surface area contributed by atoms with Crippen molar-refractivity contribution in [3.63, 3.8) is 0 Å². The highest BCUT2D eigenvalue weighted by atomic mass is 16.5. The number of amides is 2. The Morgan fingerprint density at radius 2 is 1.93 bits per heavy atom. The summed E-state index contributed by atoms with van der Waals surface area (Å²) in [4.78, 5) is 27.0. The lowest BCUT2D eigenvalue weighted by atomic mass is 9.77. The van der Waals surface area contributed by atoms with Gasteiger partial charge in [0.1, 0.15) is 0 Å². The smallest absolute Gasteiger partial charge is 0.225 e. The highest BCUT2D eigenvalue weighted by Crippen LogP contribution is 2.44. The third-order valence-electron chi connectivity index (χ3n) is 6.55. The number of carbonyl (C=O) groups is 2. The lowest BCUT2D eigenvalue weighted by Crippen LogP contribution is -2.52. The predicted octanol–water partition coefficient (Wildman–Crippen LogP) is 3.16. The molecule has 0 radical (unpaired) electrons. The molecule has 1 saturated heterocycles. The fourth-order valence-electron chi connectivity index (χ4n) is 4.90. The average molecular weight is 385 g/mol. The van der Waals surface area contributed by atoms with E-state index in [-0.39, 0.29) is 29.6 Å². The van der Waals surface area contributed by atoms with Crippen LogP contribution >= 0.6 is 0 Å². The standard InChI is InChI=1S/C23H32N2O3/c1-16(2)24-21(26)15-19-14-18-6-3-4-9-20(18)23(28-19)10-12-25(13-11-23)22(27)17-7-5-8-17/h3-4,6,9,16-17,19H,5,7-8,10-15H2,1-2H3,(H,24,26). The number of ether oxygens (including phenoxy) is 1. The van der Waals surface area contributed by atoms with E-state index in [4.69, 9.17) is 4.74 Å². The fraction of sp³-hybridized carbons (Fsp3) is 0.652. The van der Waals surface area contributed by atoms with Gasteiger partial charge in [0.25, 0.3) is 0 Å². The Balaban J connectivity index is 1.49. The fourth-order valence-corrected chi connectivity index (χ4v) is 4.90. The number of nitrogens with one attached hydrogen (secondary N) is 1. The maximum absolute atomic E-state index is 12.6. The number of hydrogen-bond donors (Lipinski definition) is 1. The molecule has 1 N–H and O–H groups in total. The zero-order valence-electron chi connectivity index (χ0n) is 17.1. The van der Waals surface area contributed by atoms with Gasteiger partial charge in [-0.2, -0.15) is 0 Å². The molecule has 3 aliphatic rings. The van der Waals surface area contributed by atoms with Crippen molar-refractivity contribution < 1.29 is 14.3 Å². The minimum atomic E-state index is -0.367. The van der Waals surface area contributed by atoms with Gasteiger partial charge in [0.2, 0.25) is 11.8 Å². The minimum absolute atomic E-state index is 0.0483. The molecule has 2 amide bonds. The quantitative estimate of drug-likeness (QED) is 0.867. The van der Waals surface area contributed by atoms with E-state index in [0.717, 1.165) is 45.2 Å². The van der Waals surface area contributed by atoms with Gasteiger partial charge in [0.05, 0.1) is 18.1 Å². The van der Waals surface area contributed by atoms with Crippen LogP contribution < -0.4 is 5.32 Å². The molecule has 28 heavy (non-hydrogen) atoms. The Hall–Kier alpha value is -1.88. The maximum atomic E-state index is 12.6. The van der Waals surface area contributed by atoms with Gasteiger partial charge in [0.15, 0.2) is 0 Å². The van der Waals surface area contributed by atoms with E-state index in [9.17, 15) is 9.59 Å². The molecular formula is C23H32N2O3. The number of hydrogen-bond acceptors (Lipinski definition) is 3. The number of rotatable bonds is 4. The highest BCUT2D eigenvalue weighted by Gasteiger charge is 2.45. The van der Waals surface area contributed by atoms with Gasteiger partial charge in [-0.25, -0.2) is 0 Å². The topological polar surface area (TPSA) is 58.6 Å². The molecule has 4 rings (SSSR count). The number of fused-ring (bicyclic) bond motifs is 2. The van der Waals surface area contributed by atoms with E-state index >= 15 is 0 Å². The van der Waals surface area contributed by atoms with Gasteiger partial charge in [-0.15, -0.1) is 0 Å². The Morgan fingerprint density at radius 1 is 1.21 bits per heavy atom. The number of piperidine rings is 1. The van der Waals surface area contributed by atoms with Crippen molar-refractivity contribution in [2.45, 2.75) is 76.5 Å². The molecule has 2 heterocycles. The van der Waals surface area contributed by atoms with E-state index in [1.807, 2.05) is 18.7 Å². The minimum Gasteiger partial charge on any atom is -0.366 e. The van der Waals surface area contributed by atoms with Crippen LogP contribution in [0.3, 0.4) is 0 Å². The van der Waals surface area contributed by atoms with Crippen LogP contribution in [0, 0.1) is 5.92 Å². The van der Waals surface area contributed by atoms with Crippen LogP contribution in [0.15, 0.2) is 24.3 Å². The summed E-state index contributed by atoms with van der Waals surface area (Å²) in [5, 5.41) is 2.98. The third kappa shape index (κ3) is 3.82. The van der Waals surface area contributed by atoms with Crippen molar-refractivity contribution in [2.75, 3.05) is 13.1 Å². The van der Waals surface area contributed by atoms with Gasteiger partial charge in [-0.1, -0.05) is 30.7 Å². The first-order chi connectivity index (χ1) is 13.5. The monoisotopic (exact) mass is 384 g/mol. The van der Waals surface area contributed by atoms with Gasteiger partial charge >= 0.3 is 0 Å². The first kappa shape index (κ1) is 19.4. The van der Waals surface area contributed by atoms with Gasteiger partial charge in [0, 0.05) is 25.0 Å². The molecule has 0 aromatic heterocycles. The molecule has 1 spiro atoms. The van der Waals surface area contributed by atoms with Crippen molar-refractivity contribution in [3.8, 4) is 0 Å². The molecule has 1 aromatic rings. The van der Waals surface area contributed by atoms with Gasteiger partial charge in [-0.3, -0.25) is 9.59 Å². The molecule has 2 fully saturated rings. The van der Waals surface area contributed by atoms with Crippen LogP contribution in [0.1, 0.15) is 63.5 Å². The summed E-state index contributed by atoms with van der Waals surface area (Å²) in [6.45, 7) is 5.44. The van der Waals surface area contributed by atoms with Crippen molar-refractivity contribution in [3.05, 3.63) is 35.4 Å². The van der Waals surface area contributed by atoms with Crippen LogP contribution in [0.5, 0.6) is 0 Å². The second-order valence-electron chi connectivity index (χ2n) is 8.97. The molecule has 0 bridgehead atoms. The lowest BCUT2D eigenvalue weighted by molar-refractivity contribution is -0.160. The summed E-state index contributed by atoms with van der Waals surface area (Å²) in [6.07, 6.45) is 5.95. The first-order valence-corrected chi connectivity index (χ1v) is 10.8. The third-order valence-corrected chi connectivity index (χ3v) is 6.55. The Kier molecular flexibility index (Phi) is 5.46. The summed E-state index contributed by atoms with van der Waals surface area (Å²) < 4.78 is 6.62. The molecule has 1 saturated carbocycles. The highest BCUT2D eigenvalue weighted by molar-refractivity contribution is 5.79. The van der Waals surface area contributed by atoms with E-state index < -0.39 is 0 Å².